The van der Waals surface area contributed by atoms with Crippen molar-refractivity contribution in [1.82, 2.24) is 15.0 Å². The van der Waals surface area contributed by atoms with E-state index in [0.717, 1.165) is 0 Å². The minimum Gasteiger partial charge on any atom is -0.477 e. The van der Waals surface area contributed by atoms with Gasteiger partial charge in [-0.05, 0) is 24.5 Å². The van der Waals surface area contributed by atoms with Crippen molar-refractivity contribution in [3.05, 3.63) is 35.9 Å². The third kappa shape index (κ3) is 5.37. The van der Waals surface area contributed by atoms with E-state index >= 15 is 0 Å². The van der Waals surface area contributed by atoms with Gasteiger partial charge in [0, 0.05) is 0 Å². The quantitative estimate of drug-likeness (QED) is 0.413. The predicted molar refractivity (Wildman–Crippen MR) is 101 cm³/mol. The standard InChI is InChI=1S/C17H21N7O4/c1-8(2)5-11(14(18)25)23-12-7-21-13(15(19)26)16(24-12)22-9-3-4-10(17(27)28)20-6-9/h3-4,6-8,11H,5H2,1-2H3,(H2,18,25)(H2,19,26)(H,27,28)(H2,22,23,24). The average Bonchev–Trinajstić information content (AvgIpc) is 2.61. The molecule has 0 radical (unpaired) electrons. The zero-order chi connectivity index (χ0) is 20.8. The number of nitrogens with two attached hydrogens (primary N) is 2. The Bertz CT molecular complexity index is 884. The summed E-state index contributed by atoms with van der Waals surface area (Å²) in [7, 11) is 0. The van der Waals surface area contributed by atoms with Crippen molar-refractivity contribution < 1.29 is 19.5 Å². The lowest BCUT2D eigenvalue weighted by molar-refractivity contribution is -0.119. The SMILES string of the molecule is CC(C)CC(Nc1cnc(C(N)=O)c(Nc2ccc(C(=O)O)nc2)n1)C(N)=O. The third-order valence-corrected chi connectivity index (χ3v) is 3.62. The van der Waals surface area contributed by atoms with E-state index < -0.39 is 23.8 Å². The average molecular weight is 387 g/mol. The van der Waals surface area contributed by atoms with Gasteiger partial charge in [0.05, 0.1) is 18.1 Å². The van der Waals surface area contributed by atoms with Crippen LogP contribution < -0.4 is 22.1 Å². The molecule has 2 aromatic heterocycles. The molecule has 7 N–H and O–H groups in total. The summed E-state index contributed by atoms with van der Waals surface area (Å²) in [6.07, 6.45) is 3.02. The molecular weight excluding hydrogens is 366 g/mol. The fraction of sp³-hybridized carbons (Fsp3) is 0.294. The van der Waals surface area contributed by atoms with Crippen molar-refractivity contribution in [1.29, 1.82) is 0 Å². The Balaban J connectivity index is 2.30. The zero-order valence-electron chi connectivity index (χ0n) is 15.3. The third-order valence-electron chi connectivity index (χ3n) is 3.62. The first-order chi connectivity index (χ1) is 13.2. The van der Waals surface area contributed by atoms with Gasteiger partial charge < -0.3 is 27.2 Å². The largest absolute Gasteiger partial charge is 0.477 e. The Kier molecular flexibility index (Phi) is 6.42. The Morgan fingerprint density at radius 1 is 1.14 bits per heavy atom. The van der Waals surface area contributed by atoms with E-state index in [1.54, 1.807) is 0 Å². The van der Waals surface area contributed by atoms with E-state index in [4.69, 9.17) is 16.6 Å². The van der Waals surface area contributed by atoms with Crippen LogP contribution in [0.1, 0.15) is 41.2 Å². The first-order valence-electron chi connectivity index (χ1n) is 8.36. The molecule has 0 bridgehead atoms. The predicted octanol–water partition coefficient (Wildman–Crippen LogP) is 0.724. The molecule has 0 saturated heterocycles. The van der Waals surface area contributed by atoms with Gasteiger partial charge in [0.1, 0.15) is 17.6 Å². The van der Waals surface area contributed by atoms with Gasteiger partial charge in [-0.1, -0.05) is 13.8 Å². The van der Waals surface area contributed by atoms with Crippen molar-refractivity contribution >= 4 is 35.1 Å². The second kappa shape index (κ2) is 8.75. The van der Waals surface area contributed by atoms with Gasteiger partial charge in [-0.15, -0.1) is 0 Å². The number of carboxylic acids is 1. The summed E-state index contributed by atoms with van der Waals surface area (Å²) in [6, 6.07) is 2.07. The smallest absolute Gasteiger partial charge is 0.354 e. The molecule has 1 atom stereocenters. The highest BCUT2D eigenvalue weighted by Gasteiger charge is 2.19. The number of carbonyl (C=O) groups is 3. The van der Waals surface area contributed by atoms with Crippen LogP contribution >= 0.6 is 0 Å². The number of carboxylic acid groups (broad SMARTS) is 1. The normalized spacial score (nSPS) is 11.7. The maximum atomic E-state index is 11.6. The van der Waals surface area contributed by atoms with Gasteiger partial charge in [0.25, 0.3) is 5.91 Å². The van der Waals surface area contributed by atoms with E-state index in [1.165, 1.54) is 24.5 Å². The van der Waals surface area contributed by atoms with Crippen LogP contribution in [-0.2, 0) is 4.79 Å². The van der Waals surface area contributed by atoms with Gasteiger partial charge >= 0.3 is 5.97 Å². The van der Waals surface area contributed by atoms with E-state index in [0.29, 0.717) is 12.1 Å². The molecule has 11 nitrogen and oxygen atoms in total. The molecule has 0 fully saturated rings. The van der Waals surface area contributed by atoms with Crippen molar-refractivity contribution in [2.75, 3.05) is 10.6 Å². The molecule has 2 amide bonds. The molecule has 0 aliphatic rings. The van der Waals surface area contributed by atoms with Crippen LogP contribution in [0.5, 0.6) is 0 Å². The number of primary amides is 2. The maximum absolute atomic E-state index is 11.6. The highest BCUT2D eigenvalue weighted by molar-refractivity contribution is 5.96. The minimum atomic E-state index is -1.17. The number of nitrogens with one attached hydrogen (secondary N) is 2. The van der Waals surface area contributed by atoms with Crippen LogP contribution in [0.15, 0.2) is 24.5 Å². The number of carbonyl (C=O) groups excluding carboxylic acids is 2. The Morgan fingerprint density at radius 3 is 2.36 bits per heavy atom. The number of nitrogens with zero attached hydrogens (tertiary/aromatic N) is 3. The van der Waals surface area contributed by atoms with Gasteiger partial charge in [0.2, 0.25) is 5.91 Å². The lowest BCUT2D eigenvalue weighted by atomic mass is 10.0. The molecule has 148 valence electrons. The summed E-state index contributed by atoms with van der Waals surface area (Å²) in [5, 5.41) is 14.6. The van der Waals surface area contributed by atoms with E-state index in [1.807, 2.05) is 13.8 Å². The number of pyridine rings is 1. The maximum Gasteiger partial charge on any atom is 0.354 e. The minimum absolute atomic E-state index is 0.0233. The van der Waals surface area contributed by atoms with Crippen LogP contribution in [0.2, 0.25) is 0 Å². The molecule has 0 spiro atoms. The second-order valence-corrected chi connectivity index (χ2v) is 6.41. The fourth-order valence-electron chi connectivity index (χ4n) is 2.35. The molecule has 2 heterocycles. The fourth-order valence-corrected chi connectivity index (χ4v) is 2.35. The van der Waals surface area contributed by atoms with Crippen LogP contribution in [0.4, 0.5) is 17.3 Å². The number of rotatable bonds is 9. The van der Waals surface area contributed by atoms with Crippen molar-refractivity contribution in [3.8, 4) is 0 Å². The summed E-state index contributed by atoms with van der Waals surface area (Å²) in [4.78, 5) is 46.2. The Labute approximate surface area is 160 Å². The Morgan fingerprint density at radius 2 is 1.86 bits per heavy atom. The van der Waals surface area contributed by atoms with Gasteiger partial charge in [-0.25, -0.2) is 19.7 Å². The summed E-state index contributed by atoms with van der Waals surface area (Å²) in [6.45, 7) is 3.89. The molecule has 1 unspecified atom stereocenters. The Hall–Kier alpha value is -3.76. The van der Waals surface area contributed by atoms with Crippen molar-refractivity contribution in [3.63, 3.8) is 0 Å². The topological polar surface area (TPSA) is 186 Å². The summed E-state index contributed by atoms with van der Waals surface area (Å²) in [5.74, 6) is -2.08. The second-order valence-electron chi connectivity index (χ2n) is 6.41. The van der Waals surface area contributed by atoms with Crippen LogP contribution in [0.25, 0.3) is 0 Å². The summed E-state index contributed by atoms with van der Waals surface area (Å²) in [5.41, 5.74) is 10.8. The highest BCUT2D eigenvalue weighted by atomic mass is 16.4. The highest BCUT2D eigenvalue weighted by Crippen LogP contribution is 2.20. The van der Waals surface area contributed by atoms with Crippen LogP contribution in [-0.4, -0.2) is 43.9 Å². The van der Waals surface area contributed by atoms with E-state index in [2.05, 4.69) is 25.6 Å². The molecule has 28 heavy (non-hydrogen) atoms. The molecule has 0 saturated carbocycles. The molecular formula is C17H21N7O4. The summed E-state index contributed by atoms with van der Waals surface area (Å²) < 4.78 is 0. The monoisotopic (exact) mass is 387 g/mol. The number of aromatic nitrogens is 3. The van der Waals surface area contributed by atoms with Crippen molar-refractivity contribution in [2.24, 2.45) is 17.4 Å². The molecule has 0 aliphatic heterocycles. The van der Waals surface area contributed by atoms with Gasteiger partial charge in [0.15, 0.2) is 11.5 Å². The molecule has 0 aliphatic carbocycles. The van der Waals surface area contributed by atoms with E-state index in [9.17, 15) is 14.4 Å². The number of aromatic carboxylic acids is 1. The van der Waals surface area contributed by atoms with Gasteiger partial charge in [-0.3, -0.25) is 9.59 Å². The molecule has 11 heteroatoms. The first kappa shape index (κ1) is 20.6. The van der Waals surface area contributed by atoms with Gasteiger partial charge in [-0.2, -0.15) is 0 Å². The first-order valence-corrected chi connectivity index (χ1v) is 8.36. The van der Waals surface area contributed by atoms with Crippen LogP contribution in [0, 0.1) is 5.92 Å². The number of hydrogen-bond acceptors (Lipinski definition) is 8. The summed E-state index contributed by atoms with van der Waals surface area (Å²) >= 11 is 0. The number of hydrogen-bond donors (Lipinski definition) is 5. The zero-order valence-corrected chi connectivity index (χ0v) is 15.3. The molecule has 2 rings (SSSR count). The molecule has 0 aromatic carbocycles. The van der Waals surface area contributed by atoms with E-state index in [-0.39, 0.29) is 28.9 Å². The van der Waals surface area contributed by atoms with Crippen molar-refractivity contribution in [2.45, 2.75) is 26.3 Å². The van der Waals surface area contributed by atoms with Crippen LogP contribution in [0.3, 0.4) is 0 Å². The number of anilines is 3. The molecule has 2 aromatic rings. The lowest BCUT2D eigenvalue weighted by Crippen LogP contribution is -2.37. The number of amides is 2. The lowest BCUT2D eigenvalue weighted by Gasteiger charge is -2.18.